The highest BCUT2D eigenvalue weighted by Gasteiger charge is 2.31. The molecule has 0 N–H and O–H groups in total. The predicted molar refractivity (Wildman–Crippen MR) is 123 cm³/mol. The number of amides is 2. The third-order valence-corrected chi connectivity index (χ3v) is 5.97. The van der Waals surface area contributed by atoms with Gasteiger partial charge in [-0.2, -0.15) is 0 Å². The van der Waals surface area contributed by atoms with E-state index in [-0.39, 0.29) is 17.7 Å². The molecule has 32 heavy (non-hydrogen) atoms. The molecule has 3 aromatic rings. The number of hydrogen-bond donors (Lipinski definition) is 0. The SMILES string of the molecule is COc1ccccc1-c1ccccc1CC1CN(C(=O)c2ccncc2)CCN(C)C1=O. The smallest absolute Gasteiger partial charge is 0.254 e. The third kappa shape index (κ3) is 4.49. The second-order valence-corrected chi connectivity index (χ2v) is 8.01. The van der Waals surface area contributed by atoms with Gasteiger partial charge in [0.2, 0.25) is 5.91 Å². The van der Waals surface area contributed by atoms with Crippen molar-refractivity contribution in [2.45, 2.75) is 6.42 Å². The highest BCUT2D eigenvalue weighted by molar-refractivity contribution is 5.94. The molecule has 6 heteroatoms. The van der Waals surface area contributed by atoms with Crippen molar-refractivity contribution in [3.05, 3.63) is 84.2 Å². The van der Waals surface area contributed by atoms with Crippen LogP contribution in [0.5, 0.6) is 5.75 Å². The molecule has 0 aliphatic carbocycles. The van der Waals surface area contributed by atoms with Gasteiger partial charge in [0.25, 0.3) is 5.91 Å². The number of likely N-dealkylation sites (N-methyl/N-ethyl adjacent to an activating group) is 1. The maximum absolute atomic E-state index is 13.2. The summed E-state index contributed by atoms with van der Waals surface area (Å²) in [5, 5.41) is 0. The Labute approximate surface area is 188 Å². The molecule has 1 saturated heterocycles. The minimum atomic E-state index is -0.329. The number of para-hydroxylation sites is 1. The molecule has 0 saturated carbocycles. The van der Waals surface area contributed by atoms with E-state index in [4.69, 9.17) is 4.74 Å². The van der Waals surface area contributed by atoms with Crippen LogP contribution in [0, 0.1) is 5.92 Å². The zero-order valence-electron chi connectivity index (χ0n) is 18.4. The lowest BCUT2D eigenvalue weighted by Crippen LogP contribution is -2.37. The molecule has 1 aliphatic heterocycles. The largest absolute Gasteiger partial charge is 0.496 e. The van der Waals surface area contributed by atoms with Crippen LogP contribution in [-0.4, -0.2) is 60.4 Å². The maximum atomic E-state index is 13.2. The first kappa shape index (κ1) is 21.6. The van der Waals surface area contributed by atoms with Gasteiger partial charge >= 0.3 is 0 Å². The van der Waals surface area contributed by atoms with E-state index in [0.29, 0.717) is 31.6 Å². The molecule has 164 valence electrons. The summed E-state index contributed by atoms with van der Waals surface area (Å²) in [6.07, 6.45) is 3.77. The van der Waals surface area contributed by atoms with Crippen LogP contribution in [0.3, 0.4) is 0 Å². The molecule has 4 rings (SSSR count). The average molecular weight is 430 g/mol. The van der Waals surface area contributed by atoms with Crippen LogP contribution < -0.4 is 4.74 Å². The number of hydrogen-bond acceptors (Lipinski definition) is 4. The lowest BCUT2D eigenvalue weighted by molar-refractivity contribution is -0.133. The van der Waals surface area contributed by atoms with Gasteiger partial charge in [-0.25, -0.2) is 0 Å². The van der Waals surface area contributed by atoms with Crippen LogP contribution in [0.2, 0.25) is 0 Å². The highest BCUT2D eigenvalue weighted by atomic mass is 16.5. The standard InChI is InChI=1S/C26H27N3O3/c1-28-15-16-29(26(31)19-11-13-27-14-12-19)18-21(25(28)30)17-20-7-3-4-8-22(20)23-9-5-6-10-24(23)32-2/h3-14,21H,15-18H2,1-2H3. The van der Waals surface area contributed by atoms with Gasteiger partial charge in [-0.15, -0.1) is 0 Å². The number of ether oxygens (including phenoxy) is 1. The third-order valence-electron chi connectivity index (χ3n) is 5.97. The summed E-state index contributed by atoms with van der Waals surface area (Å²) in [6.45, 7) is 1.40. The Hall–Kier alpha value is -3.67. The molecular formula is C26H27N3O3. The summed E-state index contributed by atoms with van der Waals surface area (Å²) < 4.78 is 5.57. The number of carbonyl (C=O) groups is 2. The first-order valence-corrected chi connectivity index (χ1v) is 10.7. The van der Waals surface area contributed by atoms with E-state index in [1.165, 1.54) is 0 Å². The quantitative estimate of drug-likeness (QED) is 0.623. The second kappa shape index (κ2) is 9.64. The fraction of sp³-hybridized carbons (Fsp3) is 0.269. The van der Waals surface area contributed by atoms with E-state index in [0.717, 1.165) is 22.4 Å². The van der Waals surface area contributed by atoms with E-state index >= 15 is 0 Å². The van der Waals surface area contributed by atoms with Crippen molar-refractivity contribution in [3.63, 3.8) is 0 Å². The van der Waals surface area contributed by atoms with Crippen molar-refractivity contribution in [1.82, 2.24) is 14.8 Å². The van der Waals surface area contributed by atoms with Gasteiger partial charge < -0.3 is 14.5 Å². The monoisotopic (exact) mass is 429 g/mol. The molecule has 2 aromatic carbocycles. The van der Waals surface area contributed by atoms with E-state index in [2.05, 4.69) is 17.1 Å². The van der Waals surface area contributed by atoms with Gasteiger partial charge in [-0.3, -0.25) is 14.6 Å². The average Bonchev–Trinajstić information content (AvgIpc) is 2.98. The fourth-order valence-electron chi connectivity index (χ4n) is 4.24. The molecule has 2 amide bonds. The molecule has 1 unspecified atom stereocenters. The van der Waals surface area contributed by atoms with Crippen LogP contribution >= 0.6 is 0 Å². The van der Waals surface area contributed by atoms with Crippen LogP contribution in [0.15, 0.2) is 73.1 Å². The number of aromatic nitrogens is 1. The Kier molecular flexibility index (Phi) is 6.50. The molecule has 1 aromatic heterocycles. The minimum Gasteiger partial charge on any atom is -0.496 e. The molecule has 0 spiro atoms. The van der Waals surface area contributed by atoms with Gasteiger partial charge in [0, 0.05) is 50.2 Å². The lowest BCUT2D eigenvalue weighted by Gasteiger charge is -2.24. The summed E-state index contributed by atoms with van der Waals surface area (Å²) in [5.74, 6) is 0.450. The molecule has 2 heterocycles. The van der Waals surface area contributed by atoms with E-state index in [1.807, 2.05) is 43.4 Å². The van der Waals surface area contributed by atoms with Gasteiger partial charge in [0.05, 0.1) is 13.0 Å². The van der Waals surface area contributed by atoms with Gasteiger partial charge in [-0.05, 0) is 35.7 Å². The summed E-state index contributed by atoms with van der Waals surface area (Å²) in [7, 11) is 3.47. The van der Waals surface area contributed by atoms with Gasteiger partial charge in [0.15, 0.2) is 0 Å². The Balaban J connectivity index is 1.64. The Bertz CT molecular complexity index is 1100. The van der Waals surface area contributed by atoms with E-state index in [1.54, 1.807) is 41.4 Å². The van der Waals surface area contributed by atoms with Crippen molar-refractivity contribution in [2.24, 2.45) is 5.92 Å². The topological polar surface area (TPSA) is 62.7 Å². The Morgan fingerprint density at radius 1 is 1.00 bits per heavy atom. The van der Waals surface area contributed by atoms with Crippen molar-refractivity contribution in [2.75, 3.05) is 33.8 Å². The summed E-state index contributed by atoms with van der Waals surface area (Å²) in [6, 6.07) is 19.4. The first-order chi connectivity index (χ1) is 15.6. The number of methoxy groups -OCH3 is 1. The minimum absolute atomic E-state index is 0.0601. The molecule has 0 bridgehead atoms. The maximum Gasteiger partial charge on any atom is 0.254 e. The fourth-order valence-corrected chi connectivity index (χ4v) is 4.24. The number of nitrogens with zero attached hydrogens (tertiary/aromatic N) is 3. The highest BCUT2D eigenvalue weighted by Crippen LogP contribution is 2.33. The zero-order chi connectivity index (χ0) is 22.5. The normalized spacial score (nSPS) is 16.6. The van der Waals surface area contributed by atoms with Crippen LogP contribution in [0.4, 0.5) is 0 Å². The summed E-state index contributed by atoms with van der Waals surface area (Å²) in [5.41, 5.74) is 3.67. The Morgan fingerprint density at radius 3 is 2.44 bits per heavy atom. The van der Waals surface area contributed by atoms with Crippen LogP contribution in [0.25, 0.3) is 11.1 Å². The van der Waals surface area contributed by atoms with Crippen molar-refractivity contribution >= 4 is 11.8 Å². The number of carbonyl (C=O) groups excluding carboxylic acids is 2. The van der Waals surface area contributed by atoms with Gasteiger partial charge in [0.1, 0.15) is 5.75 Å². The lowest BCUT2D eigenvalue weighted by atomic mass is 9.91. The molecule has 0 radical (unpaired) electrons. The van der Waals surface area contributed by atoms with E-state index in [9.17, 15) is 9.59 Å². The molecule has 1 fully saturated rings. The summed E-state index contributed by atoms with van der Waals surface area (Å²) in [4.78, 5) is 33.8. The second-order valence-electron chi connectivity index (χ2n) is 8.01. The van der Waals surface area contributed by atoms with Crippen LogP contribution in [0.1, 0.15) is 15.9 Å². The number of rotatable bonds is 5. The van der Waals surface area contributed by atoms with Crippen molar-refractivity contribution < 1.29 is 14.3 Å². The van der Waals surface area contributed by atoms with Crippen LogP contribution in [-0.2, 0) is 11.2 Å². The zero-order valence-corrected chi connectivity index (χ0v) is 18.4. The molecule has 1 atom stereocenters. The van der Waals surface area contributed by atoms with Gasteiger partial charge in [-0.1, -0.05) is 42.5 Å². The molecule has 1 aliphatic rings. The molecular weight excluding hydrogens is 402 g/mol. The van der Waals surface area contributed by atoms with E-state index < -0.39 is 0 Å². The molecule has 6 nitrogen and oxygen atoms in total. The number of benzene rings is 2. The number of pyridine rings is 1. The predicted octanol–water partition coefficient (Wildman–Crippen LogP) is 3.53. The Morgan fingerprint density at radius 2 is 1.69 bits per heavy atom. The first-order valence-electron chi connectivity index (χ1n) is 10.7. The van der Waals surface area contributed by atoms with Crippen molar-refractivity contribution in [3.8, 4) is 16.9 Å². The summed E-state index contributed by atoms with van der Waals surface area (Å²) >= 11 is 0. The van der Waals surface area contributed by atoms with Crippen molar-refractivity contribution in [1.29, 1.82) is 0 Å².